The molecule has 0 radical (unpaired) electrons. The first-order valence-electron chi connectivity index (χ1n) is 8.93. The number of hydrogen-bond donors (Lipinski definition) is 2. The predicted molar refractivity (Wildman–Crippen MR) is 102 cm³/mol. The molecule has 0 aliphatic carbocycles. The second kappa shape index (κ2) is 10.6. The highest BCUT2D eigenvalue weighted by atomic mass is 16.5. The summed E-state index contributed by atoms with van der Waals surface area (Å²) in [4.78, 5) is 46.9. The number of rotatable bonds is 9. The summed E-state index contributed by atoms with van der Waals surface area (Å²) in [6, 6.07) is 9.20. The Kier molecular flexibility index (Phi) is 7.96. The molecule has 0 fully saturated rings. The first-order valence-corrected chi connectivity index (χ1v) is 8.93. The van der Waals surface area contributed by atoms with Gasteiger partial charge in [0.1, 0.15) is 0 Å². The number of benzene rings is 1. The number of anilines is 1. The van der Waals surface area contributed by atoms with Crippen molar-refractivity contribution in [1.29, 1.82) is 0 Å². The van der Waals surface area contributed by atoms with E-state index in [0.717, 1.165) is 0 Å². The number of nitrogens with one attached hydrogen (secondary N) is 2. The van der Waals surface area contributed by atoms with E-state index in [0.29, 0.717) is 11.3 Å². The Hall–Kier alpha value is -3.62. The van der Waals surface area contributed by atoms with E-state index in [-0.39, 0.29) is 24.8 Å². The molecule has 0 aliphatic heterocycles. The smallest absolute Gasteiger partial charge is 0.338 e. The molecule has 0 saturated carbocycles. The minimum Gasteiger partial charge on any atom is -0.459 e. The highest BCUT2D eigenvalue weighted by molar-refractivity contribution is 5.94. The van der Waals surface area contributed by atoms with Gasteiger partial charge in [-0.25, -0.2) is 4.79 Å². The Labute approximate surface area is 167 Å². The van der Waals surface area contributed by atoms with E-state index in [2.05, 4.69) is 10.6 Å². The number of carbonyl (C=O) groups excluding carboxylic acids is 4. The van der Waals surface area contributed by atoms with Gasteiger partial charge in [-0.1, -0.05) is 0 Å². The van der Waals surface area contributed by atoms with Gasteiger partial charge in [-0.05, 0) is 50.2 Å². The van der Waals surface area contributed by atoms with Gasteiger partial charge in [0.05, 0.1) is 24.4 Å². The van der Waals surface area contributed by atoms with Crippen molar-refractivity contribution in [3.05, 3.63) is 54.0 Å². The molecule has 0 bridgehead atoms. The lowest BCUT2D eigenvalue weighted by Crippen LogP contribution is -2.27. The van der Waals surface area contributed by atoms with Gasteiger partial charge in [-0.15, -0.1) is 0 Å². The van der Waals surface area contributed by atoms with Crippen LogP contribution >= 0.6 is 0 Å². The molecule has 2 N–H and O–H groups in total. The maximum absolute atomic E-state index is 11.9. The van der Waals surface area contributed by atoms with Crippen LogP contribution in [0.15, 0.2) is 47.1 Å². The second-order valence-corrected chi connectivity index (χ2v) is 6.22. The van der Waals surface area contributed by atoms with Gasteiger partial charge in [-0.2, -0.15) is 0 Å². The molecule has 0 aliphatic rings. The molecule has 1 aromatic heterocycles. The van der Waals surface area contributed by atoms with Crippen LogP contribution in [-0.4, -0.2) is 43.0 Å². The molecule has 0 spiro atoms. The first-order chi connectivity index (χ1) is 13.8. The largest absolute Gasteiger partial charge is 0.459 e. The molecular formula is C20H22N2O7. The third kappa shape index (κ3) is 7.49. The summed E-state index contributed by atoms with van der Waals surface area (Å²) in [5.41, 5.74) is 0.803. The molecule has 0 unspecified atom stereocenters. The molecule has 2 aromatic rings. The van der Waals surface area contributed by atoms with E-state index in [9.17, 15) is 19.2 Å². The third-order valence-electron chi connectivity index (χ3n) is 3.47. The van der Waals surface area contributed by atoms with Crippen molar-refractivity contribution < 1.29 is 33.1 Å². The second-order valence-electron chi connectivity index (χ2n) is 6.22. The summed E-state index contributed by atoms with van der Waals surface area (Å²) < 4.78 is 14.8. The molecule has 29 heavy (non-hydrogen) atoms. The number of carbonyl (C=O) groups is 4. The zero-order chi connectivity index (χ0) is 21.2. The summed E-state index contributed by atoms with van der Waals surface area (Å²) in [6.45, 7) is 3.08. The lowest BCUT2D eigenvalue weighted by atomic mass is 10.2. The number of furan rings is 1. The minimum absolute atomic E-state index is 0.0495. The van der Waals surface area contributed by atoms with E-state index < -0.39 is 30.4 Å². The molecule has 9 heteroatoms. The highest BCUT2D eigenvalue weighted by Gasteiger charge is 2.12. The van der Waals surface area contributed by atoms with Crippen molar-refractivity contribution in [2.75, 3.05) is 18.5 Å². The first kappa shape index (κ1) is 21.7. The standard InChI is InChI=1S/C20H22N2O7/c1-13(2)29-20(26)14-5-7-15(8-6-14)22-17(23)12-28-18(24)9-10-21-19(25)16-4-3-11-27-16/h3-8,11,13H,9-10,12H2,1-2H3,(H,21,25)(H,22,23). The lowest BCUT2D eigenvalue weighted by Gasteiger charge is -2.09. The zero-order valence-corrected chi connectivity index (χ0v) is 16.1. The van der Waals surface area contributed by atoms with Crippen LogP contribution in [0.25, 0.3) is 0 Å². The van der Waals surface area contributed by atoms with Gasteiger partial charge in [0, 0.05) is 12.2 Å². The van der Waals surface area contributed by atoms with Gasteiger partial charge in [0.2, 0.25) is 0 Å². The molecule has 0 atom stereocenters. The topological polar surface area (TPSA) is 124 Å². The van der Waals surface area contributed by atoms with Crippen LogP contribution in [0.5, 0.6) is 0 Å². The average Bonchev–Trinajstić information content (AvgIpc) is 3.21. The third-order valence-corrected chi connectivity index (χ3v) is 3.47. The lowest BCUT2D eigenvalue weighted by molar-refractivity contribution is -0.147. The Bertz CT molecular complexity index is 842. The van der Waals surface area contributed by atoms with E-state index >= 15 is 0 Å². The van der Waals surface area contributed by atoms with Crippen molar-refractivity contribution in [2.45, 2.75) is 26.4 Å². The molecule has 2 amide bonds. The normalized spacial score (nSPS) is 10.3. The Morgan fingerprint density at radius 1 is 1.07 bits per heavy atom. The van der Waals surface area contributed by atoms with Crippen molar-refractivity contribution >= 4 is 29.4 Å². The summed E-state index contributed by atoms with van der Waals surface area (Å²) in [7, 11) is 0. The number of ether oxygens (including phenoxy) is 2. The van der Waals surface area contributed by atoms with Gasteiger partial charge in [-0.3, -0.25) is 14.4 Å². The fraction of sp³-hybridized carbons (Fsp3) is 0.300. The van der Waals surface area contributed by atoms with Crippen LogP contribution in [0.2, 0.25) is 0 Å². The van der Waals surface area contributed by atoms with Gasteiger partial charge in [0.25, 0.3) is 11.8 Å². The molecule has 1 aromatic carbocycles. The summed E-state index contributed by atoms with van der Waals surface area (Å²) in [6.07, 6.45) is 1.05. The maximum Gasteiger partial charge on any atom is 0.338 e. The van der Waals surface area contributed by atoms with E-state index in [1.54, 1.807) is 32.0 Å². The predicted octanol–water partition coefficient (Wildman–Crippen LogP) is 2.15. The van der Waals surface area contributed by atoms with Crippen molar-refractivity contribution in [3.63, 3.8) is 0 Å². The van der Waals surface area contributed by atoms with Crippen molar-refractivity contribution in [1.82, 2.24) is 5.32 Å². The molecule has 154 valence electrons. The molecule has 2 rings (SSSR count). The number of amides is 2. The molecule has 9 nitrogen and oxygen atoms in total. The minimum atomic E-state index is -0.633. The number of esters is 2. The quantitative estimate of drug-likeness (QED) is 0.616. The van der Waals surface area contributed by atoms with Crippen molar-refractivity contribution in [2.24, 2.45) is 0 Å². The zero-order valence-electron chi connectivity index (χ0n) is 16.1. The van der Waals surface area contributed by atoms with Crippen molar-refractivity contribution in [3.8, 4) is 0 Å². The van der Waals surface area contributed by atoms with E-state index in [4.69, 9.17) is 13.9 Å². The Morgan fingerprint density at radius 2 is 1.79 bits per heavy atom. The van der Waals surface area contributed by atoms with Crippen LogP contribution in [0.3, 0.4) is 0 Å². The summed E-state index contributed by atoms with van der Waals surface area (Å²) in [5, 5.41) is 5.04. The van der Waals surface area contributed by atoms with Crippen LogP contribution in [0.4, 0.5) is 5.69 Å². The highest BCUT2D eigenvalue weighted by Crippen LogP contribution is 2.11. The SMILES string of the molecule is CC(C)OC(=O)c1ccc(NC(=O)COC(=O)CCNC(=O)c2ccco2)cc1. The Morgan fingerprint density at radius 3 is 2.41 bits per heavy atom. The van der Waals surface area contributed by atoms with Gasteiger partial charge >= 0.3 is 11.9 Å². The van der Waals surface area contributed by atoms with Crippen LogP contribution in [0.1, 0.15) is 41.2 Å². The molecule has 1 heterocycles. The summed E-state index contributed by atoms with van der Waals surface area (Å²) in [5.74, 6) is -1.92. The number of hydrogen-bond acceptors (Lipinski definition) is 7. The van der Waals surface area contributed by atoms with Crippen LogP contribution in [0, 0.1) is 0 Å². The molecular weight excluding hydrogens is 380 g/mol. The Balaban J connectivity index is 1.67. The maximum atomic E-state index is 11.9. The van der Waals surface area contributed by atoms with E-state index in [1.165, 1.54) is 24.5 Å². The van der Waals surface area contributed by atoms with Gasteiger partial charge < -0.3 is 24.5 Å². The fourth-order valence-corrected chi connectivity index (χ4v) is 2.16. The fourth-order valence-electron chi connectivity index (χ4n) is 2.16. The molecule has 0 saturated heterocycles. The summed E-state index contributed by atoms with van der Waals surface area (Å²) >= 11 is 0. The van der Waals surface area contributed by atoms with E-state index in [1.807, 2.05) is 0 Å². The average molecular weight is 402 g/mol. The monoisotopic (exact) mass is 402 g/mol. The van der Waals surface area contributed by atoms with Crippen LogP contribution in [-0.2, 0) is 19.1 Å². The van der Waals surface area contributed by atoms with Crippen LogP contribution < -0.4 is 10.6 Å². The van der Waals surface area contributed by atoms with Gasteiger partial charge in [0.15, 0.2) is 12.4 Å².